The van der Waals surface area contributed by atoms with Crippen LogP contribution in [0.1, 0.15) is 51.7 Å². The molecule has 3 aromatic rings. The van der Waals surface area contributed by atoms with E-state index in [0.29, 0.717) is 93.7 Å². The van der Waals surface area contributed by atoms with Crippen molar-refractivity contribution in [2.75, 3.05) is 57.7 Å². The molecule has 0 radical (unpaired) electrons. The highest BCUT2D eigenvalue weighted by Gasteiger charge is 2.36. The van der Waals surface area contributed by atoms with Crippen LogP contribution in [0.4, 0.5) is 19.7 Å². The van der Waals surface area contributed by atoms with E-state index in [0.717, 1.165) is 23.2 Å². The number of hydrogen-bond acceptors (Lipinski definition) is 7. The number of carbonyl (C=O) groups excluding carboxylic acids is 2. The number of nitrogens with zero attached hydrogens (tertiary/aromatic N) is 3. The summed E-state index contributed by atoms with van der Waals surface area (Å²) in [7, 11) is 0. The molecule has 1 atom stereocenters. The Bertz CT molecular complexity index is 1740. The monoisotopic (exact) mass is 751 g/mol. The van der Waals surface area contributed by atoms with Crippen LogP contribution in [0.5, 0.6) is 5.75 Å². The average molecular weight is 752 g/mol. The van der Waals surface area contributed by atoms with E-state index in [4.69, 9.17) is 21.1 Å². The van der Waals surface area contributed by atoms with Crippen molar-refractivity contribution in [2.45, 2.75) is 65.1 Å². The molecule has 11 nitrogen and oxygen atoms in total. The fourth-order valence-electron chi connectivity index (χ4n) is 7.10. The Kier molecular flexibility index (Phi) is 13.6. The molecule has 2 saturated heterocycles. The van der Waals surface area contributed by atoms with Gasteiger partial charge in [0.15, 0.2) is 0 Å². The molecule has 2 heterocycles. The van der Waals surface area contributed by atoms with Crippen molar-refractivity contribution in [1.29, 1.82) is 0 Å². The van der Waals surface area contributed by atoms with E-state index in [1.54, 1.807) is 17.0 Å². The minimum atomic E-state index is -1.22. The second-order valence-corrected chi connectivity index (χ2v) is 15.0. The molecule has 2 aliphatic rings. The van der Waals surface area contributed by atoms with Crippen molar-refractivity contribution < 1.29 is 33.4 Å². The normalized spacial score (nSPS) is 16.5. The molecular weight excluding hydrogens is 701 g/mol. The van der Waals surface area contributed by atoms with Gasteiger partial charge >= 0.3 is 12.2 Å². The van der Waals surface area contributed by atoms with Crippen LogP contribution in [0, 0.1) is 11.7 Å². The number of piperazine rings is 1. The van der Waals surface area contributed by atoms with Gasteiger partial charge in [-0.05, 0) is 107 Å². The third-order valence-electron chi connectivity index (χ3n) is 9.71. The summed E-state index contributed by atoms with van der Waals surface area (Å²) in [6, 6.07) is 17.3. The lowest BCUT2D eigenvalue weighted by Crippen LogP contribution is -2.58. The van der Waals surface area contributed by atoms with Crippen LogP contribution in [0.3, 0.4) is 0 Å². The second kappa shape index (κ2) is 18.1. The standard InChI is InChI=1S/C40H51ClFN5O6/c1-5-52-35-12-8-10-33(42)32(35)26-46-21-23-47(24-22-46)37(48)36(44-38(49)50)27-15-18-45(19-16-27)20-17-28-25-29(41)13-14-30(28)31-9-6-7-11-34(31)43-39(51)53-40(2,3)4/h6-14,25,27,36,44H,5,15-24,26H2,1-4H3,(H,43,51)(H,49,50). The maximum absolute atomic E-state index is 14.7. The minimum Gasteiger partial charge on any atom is -0.493 e. The van der Waals surface area contributed by atoms with Gasteiger partial charge in [0.25, 0.3) is 0 Å². The van der Waals surface area contributed by atoms with E-state index in [1.165, 1.54) is 6.07 Å². The van der Waals surface area contributed by atoms with E-state index in [1.807, 2.05) is 70.2 Å². The highest BCUT2D eigenvalue weighted by molar-refractivity contribution is 6.30. The Morgan fingerprint density at radius 2 is 1.66 bits per heavy atom. The number of carbonyl (C=O) groups is 3. The molecule has 0 saturated carbocycles. The van der Waals surface area contributed by atoms with Gasteiger partial charge in [-0.1, -0.05) is 41.9 Å². The molecule has 0 aromatic heterocycles. The number of likely N-dealkylation sites (tertiary alicyclic amines) is 1. The second-order valence-electron chi connectivity index (χ2n) is 14.6. The molecule has 0 spiro atoms. The van der Waals surface area contributed by atoms with Crippen molar-refractivity contribution in [3.63, 3.8) is 0 Å². The van der Waals surface area contributed by atoms with E-state index in [2.05, 4.69) is 20.4 Å². The van der Waals surface area contributed by atoms with Gasteiger partial charge in [0.1, 0.15) is 23.2 Å². The van der Waals surface area contributed by atoms with Crippen molar-refractivity contribution >= 4 is 35.4 Å². The minimum absolute atomic E-state index is 0.146. The topological polar surface area (TPSA) is 124 Å². The van der Waals surface area contributed by atoms with Crippen molar-refractivity contribution in [1.82, 2.24) is 20.0 Å². The summed E-state index contributed by atoms with van der Waals surface area (Å²) in [4.78, 5) is 44.4. The summed E-state index contributed by atoms with van der Waals surface area (Å²) in [6.07, 6.45) is 0.267. The smallest absolute Gasteiger partial charge is 0.412 e. The third-order valence-corrected chi connectivity index (χ3v) is 9.94. The van der Waals surface area contributed by atoms with E-state index in [-0.39, 0.29) is 17.6 Å². The first-order valence-corrected chi connectivity index (χ1v) is 18.7. The molecule has 3 N–H and O–H groups in total. The number of nitrogens with one attached hydrogen (secondary N) is 2. The van der Waals surface area contributed by atoms with Crippen LogP contribution in [-0.2, 0) is 22.5 Å². The third kappa shape index (κ3) is 11.1. The highest BCUT2D eigenvalue weighted by Crippen LogP contribution is 2.34. The first-order valence-electron chi connectivity index (χ1n) is 18.3. The van der Waals surface area contributed by atoms with Gasteiger partial charge in [-0.15, -0.1) is 0 Å². The number of hydrogen-bond donors (Lipinski definition) is 3. The Balaban J connectivity index is 1.18. The van der Waals surface area contributed by atoms with Crippen LogP contribution in [0.25, 0.3) is 11.1 Å². The van der Waals surface area contributed by atoms with Crippen molar-refractivity contribution in [2.24, 2.45) is 5.92 Å². The summed E-state index contributed by atoms with van der Waals surface area (Å²) < 4.78 is 25.8. The van der Waals surface area contributed by atoms with Crippen LogP contribution < -0.4 is 15.4 Å². The predicted molar refractivity (Wildman–Crippen MR) is 204 cm³/mol. The zero-order valence-electron chi connectivity index (χ0n) is 31.0. The molecule has 2 fully saturated rings. The number of benzene rings is 3. The fraction of sp³-hybridized carbons (Fsp3) is 0.475. The number of piperidine rings is 1. The number of halogens is 2. The SMILES string of the molecule is CCOc1cccc(F)c1CN1CCN(C(=O)C(NC(=O)O)C2CCN(CCc3cc(Cl)ccc3-c3ccccc3NC(=O)OC(C)(C)C)CC2)CC1. The zero-order valence-corrected chi connectivity index (χ0v) is 31.8. The molecule has 5 rings (SSSR count). The predicted octanol–water partition coefficient (Wildman–Crippen LogP) is 7.13. The summed E-state index contributed by atoms with van der Waals surface area (Å²) in [5.41, 5.74) is 3.34. The Hall–Kier alpha value is -4.39. The van der Waals surface area contributed by atoms with Gasteiger partial charge in [-0.3, -0.25) is 15.0 Å². The Morgan fingerprint density at radius 3 is 2.34 bits per heavy atom. The molecule has 53 heavy (non-hydrogen) atoms. The van der Waals surface area contributed by atoms with Gasteiger partial charge in [0.05, 0.1) is 12.3 Å². The van der Waals surface area contributed by atoms with Gasteiger partial charge < -0.3 is 29.7 Å². The number of carboxylic acid groups (broad SMARTS) is 1. The van der Waals surface area contributed by atoms with Gasteiger partial charge in [-0.25, -0.2) is 14.0 Å². The molecule has 2 aliphatic heterocycles. The molecule has 3 amide bonds. The Morgan fingerprint density at radius 1 is 0.943 bits per heavy atom. The number of amides is 3. The van der Waals surface area contributed by atoms with Crippen LogP contribution in [0.2, 0.25) is 5.02 Å². The molecule has 0 aliphatic carbocycles. The molecule has 0 bridgehead atoms. The van der Waals surface area contributed by atoms with Crippen LogP contribution in [0.15, 0.2) is 60.7 Å². The Labute approximate surface area is 316 Å². The average Bonchev–Trinajstić information content (AvgIpc) is 3.11. The highest BCUT2D eigenvalue weighted by atomic mass is 35.5. The van der Waals surface area contributed by atoms with E-state index in [9.17, 15) is 23.9 Å². The van der Waals surface area contributed by atoms with Crippen molar-refractivity contribution in [3.05, 3.63) is 82.6 Å². The maximum atomic E-state index is 14.7. The first-order chi connectivity index (χ1) is 25.3. The summed E-state index contributed by atoms with van der Waals surface area (Å²) in [5, 5.41) is 15.7. The van der Waals surface area contributed by atoms with Gasteiger partial charge in [0.2, 0.25) is 5.91 Å². The quantitative estimate of drug-likeness (QED) is 0.179. The van der Waals surface area contributed by atoms with Gasteiger partial charge in [-0.2, -0.15) is 0 Å². The molecule has 3 aromatic carbocycles. The fourth-order valence-corrected chi connectivity index (χ4v) is 7.30. The largest absolute Gasteiger partial charge is 0.493 e. The number of anilines is 1. The zero-order chi connectivity index (χ0) is 38.1. The summed E-state index contributed by atoms with van der Waals surface area (Å²) in [6.45, 7) is 12.2. The first kappa shape index (κ1) is 39.8. The van der Waals surface area contributed by atoms with Crippen LogP contribution >= 0.6 is 11.6 Å². The van der Waals surface area contributed by atoms with Crippen LogP contribution in [-0.4, -0.2) is 102 Å². The maximum Gasteiger partial charge on any atom is 0.412 e. The summed E-state index contributed by atoms with van der Waals surface area (Å²) in [5.74, 6) is -0.160. The number of rotatable bonds is 12. The molecule has 13 heteroatoms. The lowest BCUT2D eigenvalue weighted by atomic mass is 9.88. The van der Waals surface area contributed by atoms with E-state index < -0.39 is 23.8 Å². The molecular formula is C40H51ClFN5O6. The molecule has 1 unspecified atom stereocenters. The van der Waals surface area contributed by atoms with E-state index >= 15 is 0 Å². The van der Waals surface area contributed by atoms with Gasteiger partial charge in [0, 0.05) is 55.4 Å². The number of para-hydroxylation sites is 1. The van der Waals surface area contributed by atoms with Crippen molar-refractivity contribution in [3.8, 4) is 16.9 Å². The number of ether oxygens (including phenoxy) is 2. The summed E-state index contributed by atoms with van der Waals surface area (Å²) >= 11 is 6.46. The lowest BCUT2D eigenvalue weighted by molar-refractivity contribution is -0.137. The lowest BCUT2D eigenvalue weighted by Gasteiger charge is -2.40. The molecule has 286 valence electrons.